The summed E-state index contributed by atoms with van der Waals surface area (Å²) >= 11 is 5.22. The first-order valence-corrected chi connectivity index (χ1v) is 6.63. The van der Waals surface area contributed by atoms with Gasteiger partial charge in [0.05, 0.1) is 14.8 Å². The van der Waals surface area contributed by atoms with Crippen molar-refractivity contribution < 1.29 is 26.5 Å². The van der Waals surface area contributed by atoms with E-state index in [1.54, 1.807) is 0 Å². The summed E-state index contributed by atoms with van der Waals surface area (Å²) in [6.45, 7) is 0. The largest absolute Gasteiger partial charge is 0.424 e. The number of rotatable bonds is 2. The van der Waals surface area contributed by atoms with Crippen LogP contribution in [0.25, 0.3) is 0 Å². The van der Waals surface area contributed by atoms with E-state index in [1.807, 2.05) is 0 Å². The Kier molecular flexibility index (Phi) is 3.80. The van der Waals surface area contributed by atoms with E-state index in [1.165, 1.54) is 0 Å². The summed E-state index contributed by atoms with van der Waals surface area (Å²) in [7, 11) is 0.456. The molecule has 0 unspecified atom stereocenters. The molecule has 1 rings (SSSR count). The van der Waals surface area contributed by atoms with E-state index in [0.29, 0.717) is 6.07 Å². The maximum Gasteiger partial charge on any atom is 0.424 e. The lowest BCUT2D eigenvalue weighted by Gasteiger charge is -2.10. The van der Waals surface area contributed by atoms with Gasteiger partial charge in [-0.2, -0.15) is 13.2 Å². The van der Waals surface area contributed by atoms with Gasteiger partial charge in [-0.05, 0) is 6.07 Å². The summed E-state index contributed by atoms with van der Waals surface area (Å²) in [5, 5.41) is 9.39. The van der Waals surface area contributed by atoms with Crippen LogP contribution in [0.3, 0.4) is 0 Å². The second-order valence-electron chi connectivity index (χ2n) is 2.99. The van der Waals surface area contributed by atoms with Crippen LogP contribution < -0.4 is 0 Å². The van der Waals surface area contributed by atoms with Crippen molar-refractivity contribution >= 4 is 37.0 Å². The Bertz CT molecular complexity index is 614. The van der Waals surface area contributed by atoms with Crippen molar-refractivity contribution in [3.05, 3.63) is 32.8 Å². The fraction of sp³-hybridized carbons (Fsp3) is 0.143. The SMILES string of the molecule is O=[N+]([O-])c1cc(S(=O)(=O)Cl)cc(Cl)c1C(F)(F)F. The first-order chi connectivity index (χ1) is 7.94. The highest BCUT2D eigenvalue weighted by Crippen LogP contribution is 2.42. The molecule has 5 nitrogen and oxygen atoms in total. The van der Waals surface area contributed by atoms with E-state index in [2.05, 4.69) is 0 Å². The van der Waals surface area contributed by atoms with E-state index in [-0.39, 0.29) is 6.07 Å². The summed E-state index contributed by atoms with van der Waals surface area (Å²) in [5.41, 5.74) is -3.20. The fourth-order valence-electron chi connectivity index (χ4n) is 1.13. The van der Waals surface area contributed by atoms with Gasteiger partial charge in [-0.15, -0.1) is 0 Å². The number of nitrogens with zero attached hydrogens (tertiary/aromatic N) is 1. The smallest absolute Gasteiger partial charge is 0.258 e. The minimum atomic E-state index is -5.09. The van der Waals surface area contributed by atoms with Crippen molar-refractivity contribution in [3.63, 3.8) is 0 Å². The number of benzene rings is 1. The van der Waals surface area contributed by atoms with Gasteiger partial charge in [0.2, 0.25) is 0 Å². The number of hydrogen-bond donors (Lipinski definition) is 0. The highest BCUT2D eigenvalue weighted by molar-refractivity contribution is 8.13. The highest BCUT2D eigenvalue weighted by Gasteiger charge is 2.41. The van der Waals surface area contributed by atoms with Crippen LogP contribution in [-0.4, -0.2) is 13.3 Å². The monoisotopic (exact) mass is 323 g/mol. The zero-order valence-corrected chi connectivity index (χ0v) is 10.4. The number of alkyl halides is 3. The van der Waals surface area contributed by atoms with Crippen molar-refractivity contribution in [3.8, 4) is 0 Å². The number of nitro groups is 1. The van der Waals surface area contributed by atoms with Crippen molar-refractivity contribution in [2.45, 2.75) is 11.1 Å². The molecular weight excluding hydrogens is 322 g/mol. The standard InChI is InChI=1S/C7H2Cl2F3NO4S/c8-4-1-3(18(9,16)17)2-5(13(14)15)6(4)7(10,11)12/h1-2H. The Labute approximate surface area is 108 Å². The second-order valence-corrected chi connectivity index (χ2v) is 5.97. The van der Waals surface area contributed by atoms with Crippen LogP contribution in [0.4, 0.5) is 18.9 Å². The van der Waals surface area contributed by atoms with Crippen LogP contribution in [0.15, 0.2) is 17.0 Å². The first kappa shape index (κ1) is 15.0. The second kappa shape index (κ2) is 4.56. The molecule has 0 amide bonds. The van der Waals surface area contributed by atoms with E-state index in [0.717, 1.165) is 0 Å². The molecule has 0 saturated carbocycles. The molecule has 0 aliphatic carbocycles. The van der Waals surface area contributed by atoms with Gasteiger partial charge in [-0.25, -0.2) is 8.42 Å². The van der Waals surface area contributed by atoms with Crippen molar-refractivity contribution in [1.82, 2.24) is 0 Å². The summed E-state index contributed by atoms with van der Waals surface area (Å²) < 4.78 is 59.4. The molecule has 0 heterocycles. The van der Waals surface area contributed by atoms with Gasteiger partial charge >= 0.3 is 6.18 Å². The van der Waals surface area contributed by atoms with Gasteiger partial charge < -0.3 is 0 Å². The molecule has 18 heavy (non-hydrogen) atoms. The third kappa shape index (κ3) is 3.03. The molecule has 0 fully saturated rings. The minimum absolute atomic E-state index is 0.205. The molecule has 0 aliphatic heterocycles. The third-order valence-electron chi connectivity index (χ3n) is 1.80. The molecule has 0 spiro atoms. The lowest BCUT2D eigenvalue weighted by molar-refractivity contribution is -0.388. The highest BCUT2D eigenvalue weighted by atomic mass is 35.7. The first-order valence-electron chi connectivity index (χ1n) is 3.94. The summed E-state index contributed by atoms with van der Waals surface area (Å²) in [6.07, 6.45) is -5.09. The zero-order chi connectivity index (χ0) is 14.3. The molecule has 11 heteroatoms. The Morgan fingerprint density at radius 1 is 1.28 bits per heavy atom. The van der Waals surface area contributed by atoms with Crippen LogP contribution in [0.2, 0.25) is 5.02 Å². The maximum atomic E-state index is 12.5. The van der Waals surface area contributed by atoms with Gasteiger partial charge in [0.25, 0.3) is 14.7 Å². The third-order valence-corrected chi connectivity index (χ3v) is 3.44. The maximum absolute atomic E-state index is 12.5. The molecule has 0 saturated heterocycles. The molecule has 0 atom stereocenters. The fourth-order valence-corrected chi connectivity index (χ4v) is 2.30. The van der Waals surface area contributed by atoms with Crippen LogP contribution >= 0.6 is 22.3 Å². The van der Waals surface area contributed by atoms with Crippen LogP contribution in [0, 0.1) is 10.1 Å². The number of hydrogen-bond acceptors (Lipinski definition) is 4. The summed E-state index contributed by atoms with van der Waals surface area (Å²) in [5.74, 6) is 0. The Morgan fingerprint density at radius 3 is 2.11 bits per heavy atom. The lowest BCUT2D eigenvalue weighted by atomic mass is 10.1. The average Bonchev–Trinajstić information content (AvgIpc) is 2.12. The van der Waals surface area contributed by atoms with E-state index < -0.39 is 41.3 Å². The van der Waals surface area contributed by atoms with Gasteiger partial charge in [0, 0.05) is 16.7 Å². The van der Waals surface area contributed by atoms with Crippen LogP contribution in [0.5, 0.6) is 0 Å². The molecule has 0 aliphatic rings. The molecule has 0 N–H and O–H groups in total. The van der Waals surface area contributed by atoms with E-state index in [4.69, 9.17) is 22.3 Å². The van der Waals surface area contributed by atoms with Crippen LogP contribution in [0.1, 0.15) is 5.56 Å². The molecule has 0 radical (unpaired) electrons. The van der Waals surface area contributed by atoms with E-state index in [9.17, 15) is 31.7 Å². The van der Waals surface area contributed by atoms with Gasteiger partial charge in [-0.3, -0.25) is 10.1 Å². The molecule has 1 aromatic carbocycles. The molecule has 0 aromatic heterocycles. The quantitative estimate of drug-likeness (QED) is 0.475. The van der Waals surface area contributed by atoms with Crippen molar-refractivity contribution in [2.75, 3.05) is 0 Å². The predicted molar refractivity (Wildman–Crippen MR) is 56.1 cm³/mol. The number of nitro benzene ring substituents is 1. The number of halogens is 5. The topological polar surface area (TPSA) is 77.3 Å². The van der Waals surface area contributed by atoms with Gasteiger partial charge in [-0.1, -0.05) is 11.6 Å². The lowest BCUT2D eigenvalue weighted by Crippen LogP contribution is -2.11. The van der Waals surface area contributed by atoms with Crippen molar-refractivity contribution in [1.29, 1.82) is 0 Å². The summed E-state index contributed by atoms with van der Waals surface area (Å²) in [4.78, 5) is 8.24. The van der Waals surface area contributed by atoms with E-state index >= 15 is 0 Å². The van der Waals surface area contributed by atoms with Gasteiger partial charge in [0.1, 0.15) is 0 Å². The van der Waals surface area contributed by atoms with Gasteiger partial charge in [0.15, 0.2) is 5.56 Å². The molecular formula is C7H2Cl2F3NO4S. The molecule has 1 aromatic rings. The zero-order valence-electron chi connectivity index (χ0n) is 8.03. The Balaban J connectivity index is 3.73. The molecule has 100 valence electrons. The predicted octanol–water partition coefficient (Wildman–Crippen LogP) is 3.19. The molecule has 0 bridgehead atoms. The Morgan fingerprint density at radius 2 is 1.78 bits per heavy atom. The summed E-state index contributed by atoms with van der Waals surface area (Å²) in [6, 6.07) is 0.608. The minimum Gasteiger partial charge on any atom is -0.258 e. The normalized spacial score (nSPS) is 12.5. The van der Waals surface area contributed by atoms with Crippen molar-refractivity contribution in [2.24, 2.45) is 0 Å². The average molecular weight is 324 g/mol. The van der Waals surface area contributed by atoms with Crippen LogP contribution in [-0.2, 0) is 15.2 Å². The Hall–Kier alpha value is -1.06.